The molecule has 0 amide bonds. The molecule has 0 saturated heterocycles. The van der Waals surface area contributed by atoms with Crippen LogP contribution >= 0.6 is 0 Å². The number of rotatable bonds is 7. The predicted octanol–water partition coefficient (Wildman–Crippen LogP) is 2.03. The maximum Gasteiger partial charge on any atom is 0.223 e. The molecule has 1 aromatic carbocycles. The number of hydrogen-bond acceptors (Lipinski definition) is 6. The molecule has 2 aromatic rings. The zero-order valence-electron chi connectivity index (χ0n) is 12.1. The van der Waals surface area contributed by atoms with E-state index in [1.54, 1.807) is 25.6 Å². The minimum Gasteiger partial charge on any atom is -0.493 e. The first-order valence-electron chi connectivity index (χ1n) is 6.69. The quantitative estimate of drug-likeness (QED) is 0.812. The minimum atomic E-state index is -0.0335. The van der Waals surface area contributed by atoms with E-state index in [9.17, 15) is 0 Å². The van der Waals surface area contributed by atoms with Crippen molar-refractivity contribution in [2.75, 3.05) is 25.6 Å². The molecule has 0 aliphatic rings. The Bertz CT molecular complexity index is 563. The highest BCUT2D eigenvalue weighted by Gasteiger charge is 2.11. The number of nitrogens with zero attached hydrogens (tertiary/aromatic N) is 2. The molecule has 0 aliphatic heterocycles. The Kier molecular flexibility index (Phi) is 5.34. The third-order valence-electron chi connectivity index (χ3n) is 2.95. The molecule has 1 aromatic heterocycles. The average Bonchev–Trinajstić information content (AvgIpc) is 2.53. The number of aromatic nitrogens is 2. The van der Waals surface area contributed by atoms with E-state index in [0.717, 1.165) is 5.56 Å². The van der Waals surface area contributed by atoms with Gasteiger partial charge < -0.3 is 19.9 Å². The summed E-state index contributed by atoms with van der Waals surface area (Å²) < 4.78 is 10.7. The lowest BCUT2D eigenvalue weighted by Gasteiger charge is -2.16. The predicted molar refractivity (Wildman–Crippen MR) is 79.6 cm³/mol. The van der Waals surface area contributed by atoms with E-state index < -0.39 is 0 Å². The van der Waals surface area contributed by atoms with Gasteiger partial charge in [-0.15, -0.1) is 0 Å². The fourth-order valence-corrected chi connectivity index (χ4v) is 1.88. The van der Waals surface area contributed by atoms with Gasteiger partial charge in [-0.3, -0.25) is 0 Å². The Hall–Kier alpha value is -2.34. The van der Waals surface area contributed by atoms with Gasteiger partial charge in [-0.05, 0) is 30.7 Å². The summed E-state index contributed by atoms with van der Waals surface area (Å²) in [6, 6.07) is 7.46. The van der Waals surface area contributed by atoms with E-state index in [-0.39, 0.29) is 19.3 Å². The second kappa shape index (κ2) is 7.44. The first kappa shape index (κ1) is 15.1. The molecule has 1 heterocycles. The number of nitrogens with one attached hydrogen (secondary N) is 1. The normalized spacial score (nSPS) is 11.8. The third kappa shape index (κ3) is 4.06. The van der Waals surface area contributed by atoms with Crippen LogP contribution in [0.15, 0.2) is 36.7 Å². The molecule has 0 saturated carbocycles. The highest BCUT2D eigenvalue weighted by atomic mass is 16.5. The van der Waals surface area contributed by atoms with Crippen LogP contribution in [0.2, 0.25) is 0 Å². The molecule has 21 heavy (non-hydrogen) atoms. The molecule has 1 unspecified atom stereocenters. The number of methoxy groups -OCH3 is 1. The van der Waals surface area contributed by atoms with Gasteiger partial charge in [0.1, 0.15) is 6.61 Å². The monoisotopic (exact) mass is 289 g/mol. The van der Waals surface area contributed by atoms with Crippen molar-refractivity contribution in [3.05, 3.63) is 42.2 Å². The van der Waals surface area contributed by atoms with E-state index in [1.165, 1.54) is 0 Å². The topological polar surface area (TPSA) is 76.5 Å². The molecule has 2 N–H and O–H groups in total. The number of aliphatic hydroxyl groups is 1. The number of anilines is 1. The standard InChI is InChI=1S/C15H19N3O3/c1-11(18-15-16-6-3-7-17-15)12-4-5-13(21-9-8-19)14(10-12)20-2/h3-7,10-11,19H,8-9H2,1-2H3,(H,16,17,18). The minimum absolute atomic E-state index is 0.0215. The highest BCUT2D eigenvalue weighted by Crippen LogP contribution is 2.30. The van der Waals surface area contributed by atoms with Crippen LogP contribution in [0, 0.1) is 0 Å². The van der Waals surface area contributed by atoms with E-state index >= 15 is 0 Å². The first-order chi connectivity index (χ1) is 10.2. The van der Waals surface area contributed by atoms with Gasteiger partial charge in [-0.2, -0.15) is 0 Å². The van der Waals surface area contributed by atoms with Gasteiger partial charge in [0.25, 0.3) is 0 Å². The molecule has 112 valence electrons. The van der Waals surface area contributed by atoms with Gasteiger partial charge in [0.05, 0.1) is 19.8 Å². The van der Waals surface area contributed by atoms with Crippen LogP contribution in [-0.4, -0.2) is 35.4 Å². The second-order valence-electron chi connectivity index (χ2n) is 4.42. The number of hydrogen-bond donors (Lipinski definition) is 2. The maximum atomic E-state index is 8.81. The Morgan fingerprint density at radius 1 is 1.24 bits per heavy atom. The van der Waals surface area contributed by atoms with E-state index in [0.29, 0.717) is 17.4 Å². The van der Waals surface area contributed by atoms with Crippen LogP contribution in [0.1, 0.15) is 18.5 Å². The van der Waals surface area contributed by atoms with Gasteiger partial charge in [-0.25, -0.2) is 9.97 Å². The molecule has 0 spiro atoms. The van der Waals surface area contributed by atoms with Gasteiger partial charge >= 0.3 is 0 Å². The van der Waals surface area contributed by atoms with Crippen LogP contribution in [0.5, 0.6) is 11.5 Å². The van der Waals surface area contributed by atoms with Gasteiger partial charge in [-0.1, -0.05) is 6.07 Å². The van der Waals surface area contributed by atoms with E-state index in [1.807, 2.05) is 25.1 Å². The van der Waals surface area contributed by atoms with Crippen molar-refractivity contribution in [3.8, 4) is 11.5 Å². The molecule has 6 heteroatoms. The summed E-state index contributed by atoms with van der Waals surface area (Å²) in [6.07, 6.45) is 3.38. The average molecular weight is 289 g/mol. The summed E-state index contributed by atoms with van der Waals surface area (Å²) in [7, 11) is 1.59. The second-order valence-corrected chi connectivity index (χ2v) is 4.42. The zero-order valence-corrected chi connectivity index (χ0v) is 12.1. The molecule has 0 radical (unpaired) electrons. The molecule has 2 rings (SSSR count). The number of ether oxygens (including phenoxy) is 2. The van der Waals surface area contributed by atoms with Gasteiger partial charge in [0.15, 0.2) is 11.5 Å². The number of benzene rings is 1. The van der Waals surface area contributed by atoms with Gasteiger partial charge in [0.2, 0.25) is 5.95 Å². The summed E-state index contributed by atoms with van der Waals surface area (Å²) in [5.74, 6) is 1.81. The molecule has 0 bridgehead atoms. The van der Waals surface area contributed by atoms with Crippen molar-refractivity contribution in [2.45, 2.75) is 13.0 Å². The van der Waals surface area contributed by atoms with Crippen LogP contribution in [0.25, 0.3) is 0 Å². The molecule has 1 atom stereocenters. The summed E-state index contributed by atoms with van der Waals surface area (Å²) in [5, 5.41) is 12.0. The highest BCUT2D eigenvalue weighted by molar-refractivity contribution is 5.45. The van der Waals surface area contributed by atoms with Gasteiger partial charge in [0, 0.05) is 12.4 Å². The number of aliphatic hydroxyl groups excluding tert-OH is 1. The largest absolute Gasteiger partial charge is 0.493 e. The van der Waals surface area contributed by atoms with Crippen LogP contribution in [0.4, 0.5) is 5.95 Å². The molecular formula is C15H19N3O3. The first-order valence-corrected chi connectivity index (χ1v) is 6.69. The zero-order chi connectivity index (χ0) is 15.1. The molecule has 6 nitrogen and oxygen atoms in total. The lowest BCUT2D eigenvalue weighted by molar-refractivity contribution is 0.196. The molecule has 0 aliphatic carbocycles. The van der Waals surface area contributed by atoms with Crippen molar-refractivity contribution >= 4 is 5.95 Å². The summed E-state index contributed by atoms with van der Waals surface area (Å²) in [5.41, 5.74) is 1.02. The summed E-state index contributed by atoms with van der Waals surface area (Å²) >= 11 is 0. The van der Waals surface area contributed by atoms with E-state index in [4.69, 9.17) is 14.6 Å². The SMILES string of the molecule is COc1cc(C(C)Nc2ncccn2)ccc1OCCO. The Labute approximate surface area is 123 Å². The summed E-state index contributed by atoms with van der Waals surface area (Å²) in [6.45, 7) is 2.22. The Balaban J connectivity index is 2.12. The molecular weight excluding hydrogens is 270 g/mol. The maximum absolute atomic E-state index is 8.81. The van der Waals surface area contributed by atoms with Crippen molar-refractivity contribution in [3.63, 3.8) is 0 Å². The van der Waals surface area contributed by atoms with Crippen molar-refractivity contribution in [2.24, 2.45) is 0 Å². The van der Waals surface area contributed by atoms with Crippen LogP contribution in [-0.2, 0) is 0 Å². The lowest BCUT2D eigenvalue weighted by atomic mass is 10.1. The smallest absolute Gasteiger partial charge is 0.223 e. The van der Waals surface area contributed by atoms with Crippen molar-refractivity contribution in [1.29, 1.82) is 0 Å². The summed E-state index contributed by atoms with van der Waals surface area (Å²) in [4.78, 5) is 8.28. The fraction of sp³-hybridized carbons (Fsp3) is 0.333. The Morgan fingerprint density at radius 3 is 2.67 bits per heavy atom. The third-order valence-corrected chi connectivity index (χ3v) is 2.95. The lowest BCUT2D eigenvalue weighted by Crippen LogP contribution is -2.10. The van der Waals surface area contributed by atoms with Crippen LogP contribution < -0.4 is 14.8 Å². The van der Waals surface area contributed by atoms with Crippen molar-refractivity contribution < 1.29 is 14.6 Å². The molecule has 0 fully saturated rings. The van der Waals surface area contributed by atoms with E-state index in [2.05, 4.69) is 15.3 Å². The fourth-order valence-electron chi connectivity index (χ4n) is 1.88. The van der Waals surface area contributed by atoms with Crippen LogP contribution in [0.3, 0.4) is 0 Å². The van der Waals surface area contributed by atoms with Crippen molar-refractivity contribution in [1.82, 2.24) is 9.97 Å². The Morgan fingerprint density at radius 2 is 2.00 bits per heavy atom.